The fourth-order valence-electron chi connectivity index (χ4n) is 6.67. The van der Waals surface area contributed by atoms with Gasteiger partial charge >= 0.3 is 0 Å². The summed E-state index contributed by atoms with van der Waals surface area (Å²) >= 11 is 6.09. The van der Waals surface area contributed by atoms with Crippen LogP contribution in [0.25, 0.3) is 33.2 Å². The van der Waals surface area contributed by atoms with E-state index in [-0.39, 0.29) is 31.9 Å². The Balaban J connectivity index is 0.000000184. The molecule has 280 valence electrons. The van der Waals surface area contributed by atoms with E-state index in [1.54, 1.807) is 0 Å². The third kappa shape index (κ3) is 8.64. The highest BCUT2D eigenvalue weighted by Gasteiger charge is 2.22. The third-order valence-electron chi connectivity index (χ3n) is 9.48. The fraction of sp³-hybridized carbons (Fsp3) is 0.209. The highest BCUT2D eigenvalue weighted by molar-refractivity contribution is 6.30. The van der Waals surface area contributed by atoms with Gasteiger partial charge in [0.25, 0.3) is 0 Å². The van der Waals surface area contributed by atoms with Crippen molar-refractivity contribution in [3.8, 4) is 0 Å². The third-order valence-corrected chi connectivity index (χ3v) is 9.71. The van der Waals surface area contributed by atoms with Gasteiger partial charge in [0, 0.05) is 39.3 Å². The van der Waals surface area contributed by atoms with Crippen LogP contribution in [0.15, 0.2) is 121 Å². The van der Waals surface area contributed by atoms with Crippen molar-refractivity contribution in [3.05, 3.63) is 154 Å². The van der Waals surface area contributed by atoms with Gasteiger partial charge in [-0.3, -0.25) is 9.59 Å². The Labute approximate surface area is 324 Å². The lowest BCUT2D eigenvalue weighted by Crippen LogP contribution is -2.31. The maximum atomic E-state index is 12.8. The van der Waals surface area contributed by atoms with E-state index in [4.69, 9.17) is 11.6 Å². The van der Waals surface area contributed by atoms with Crippen LogP contribution >= 0.6 is 11.6 Å². The number of aromatic amines is 2. The molecule has 2 atom stereocenters. The zero-order chi connectivity index (χ0) is 37.6. The molecule has 8 rings (SSSR count). The maximum absolute atomic E-state index is 12.8. The molecule has 0 saturated heterocycles. The number of rotatable bonds is 10. The summed E-state index contributed by atoms with van der Waals surface area (Å²) in [6, 6.07) is 18.8. The Bertz CT molecular complexity index is 2300. The number of nitrogens with one attached hydrogen (secondary N) is 4. The predicted molar refractivity (Wildman–Crippen MR) is 218 cm³/mol. The molecule has 6 aromatic rings. The van der Waals surface area contributed by atoms with Crippen molar-refractivity contribution < 1.29 is 14.7 Å². The number of carbonyl (C=O) groups is 2. The molecule has 11 nitrogen and oxygen atoms in total. The summed E-state index contributed by atoms with van der Waals surface area (Å²) in [6.07, 6.45) is 16.4. The summed E-state index contributed by atoms with van der Waals surface area (Å²) in [6.45, 7) is 3.87. The molecule has 0 saturated carbocycles. The second-order valence-corrected chi connectivity index (χ2v) is 13.5. The zero-order valence-corrected chi connectivity index (χ0v) is 30.6. The molecule has 2 unspecified atom stereocenters. The Morgan fingerprint density at radius 2 is 1.29 bits per heavy atom. The number of nitrogens with zero attached hydrogens (tertiary/aromatic N) is 4. The molecule has 0 bridgehead atoms. The Morgan fingerprint density at radius 1 is 0.764 bits per heavy atom. The molecule has 0 radical (unpaired) electrons. The van der Waals surface area contributed by atoms with Crippen LogP contribution in [-0.4, -0.2) is 53.4 Å². The van der Waals surface area contributed by atoms with Gasteiger partial charge in [-0.25, -0.2) is 19.9 Å². The highest BCUT2D eigenvalue weighted by atomic mass is 35.5. The molecular formula is C43H43ClN8O3. The molecule has 0 spiro atoms. The summed E-state index contributed by atoms with van der Waals surface area (Å²) in [4.78, 5) is 48.8. The highest BCUT2D eigenvalue weighted by Crippen LogP contribution is 2.31. The van der Waals surface area contributed by atoms with Crippen LogP contribution in [0.5, 0.6) is 0 Å². The van der Waals surface area contributed by atoms with Crippen LogP contribution in [0.3, 0.4) is 0 Å². The number of allylic oxidation sites excluding steroid dienone is 6. The summed E-state index contributed by atoms with van der Waals surface area (Å²) in [5, 5.41) is 18.3. The van der Waals surface area contributed by atoms with Gasteiger partial charge in [-0.05, 0) is 84.9 Å². The first-order valence-corrected chi connectivity index (χ1v) is 18.1. The monoisotopic (exact) mass is 754 g/mol. The molecule has 0 aliphatic heterocycles. The summed E-state index contributed by atoms with van der Waals surface area (Å²) in [5.41, 5.74) is 9.43. The molecule has 2 aliphatic rings. The van der Waals surface area contributed by atoms with Crippen molar-refractivity contribution in [1.82, 2.24) is 40.5 Å². The van der Waals surface area contributed by atoms with Gasteiger partial charge in [0.1, 0.15) is 23.9 Å². The van der Waals surface area contributed by atoms with Gasteiger partial charge < -0.3 is 25.7 Å². The van der Waals surface area contributed by atoms with Gasteiger partial charge in [-0.15, -0.1) is 0 Å². The smallest absolute Gasteiger partial charge is 0.248 e. The Hall–Kier alpha value is -6.17. The molecule has 5 N–H and O–H groups in total. The second-order valence-electron chi connectivity index (χ2n) is 13.1. The van der Waals surface area contributed by atoms with Gasteiger partial charge in [-0.1, -0.05) is 80.1 Å². The van der Waals surface area contributed by atoms with Gasteiger partial charge in [0.15, 0.2) is 0 Å². The molecule has 2 aromatic carbocycles. The van der Waals surface area contributed by atoms with Crippen LogP contribution in [0.1, 0.15) is 73.8 Å². The molecule has 0 fully saturated rings. The van der Waals surface area contributed by atoms with E-state index < -0.39 is 6.04 Å². The maximum Gasteiger partial charge on any atom is 0.248 e. The molecule has 4 aromatic heterocycles. The number of aliphatic hydroxyl groups is 1. The van der Waals surface area contributed by atoms with Gasteiger partial charge in [0.2, 0.25) is 11.8 Å². The molecule has 2 aliphatic carbocycles. The normalized spacial score (nSPS) is 14.5. The average molecular weight is 755 g/mol. The lowest BCUT2D eigenvalue weighted by atomic mass is 10.0. The SMILES string of the molecule is C.CCC(NC(=O)C1=CC(c2ncnc3[nH]ccc23)=CC1)c1cccc(Cl)c1.Cc1cccc(C(CO)NC(=O)C2=CC(c3ncnc4[nH]ccc34)=CC2)c1. The van der Waals surface area contributed by atoms with Crippen LogP contribution in [0.2, 0.25) is 5.02 Å². The standard InChI is InChI=1S/C21H19ClN4O.C21H20N4O2.CH4/c1-2-18(13-4-3-5-16(22)11-13)26-21(27)15-7-6-14(10-15)19-17-8-9-23-20(17)25-12-24-19;1-13-3-2-4-14(9-13)18(11-26)25-21(27)16-6-5-15(10-16)19-17-7-8-22-20(17)24-12-23-19;/h3-6,8-12,18H,2,7H2,1H3,(H,26,27)(H,23,24,25);2-5,7-10,12,18,26H,6,11H2,1H3,(H,25,27)(H,22,23,24);1H4. The van der Waals surface area contributed by atoms with E-state index in [0.717, 1.165) is 73.3 Å². The predicted octanol–water partition coefficient (Wildman–Crippen LogP) is 8.06. The molecule has 2 amide bonds. The van der Waals surface area contributed by atoms with Crippen molar-refractivity contribution in [2.24, 2.45) is 0 Å². The van der Waals surface area contributed by atoms with Crippen molar-refractivity contribution in [2.45, 2.75) is 52.6 Å². The molecule has 55 heavy (non-hydrogen) atoms. The van der Waals surface area contributed by atoms with Crippen LogP contribution in [-0.2, 0) is 9.59 Å². The lowest BCUT2D eigenvalue weighted by Gasteiger charge is -2.18. The topological polar surface area (TPSA) is 162 Å². The minimum Gasteiger partial charge on any atom is -0.394 e. The molecule has 12 heteroatoms. The van der Waals surface area contributed by atoms with Gasteiger partial charge in [-0.2, -0.15) is 0 Å². The number of benzene rings is 2. The van der Waals surface area contributed by atoms with E-state index in [1.165, 1.54) is 12.7 Å². The number of hydrogen-bond acceptors (Lipinski definition) is 7. The number of halogens is 1. The zero-order valence-electron chi connectivity index (χ0n) is 29.8. The lowest BCUT2D eigenvalue weighted by molar-refractivity contribution is -0.119. The summed E-state index contributed by atoms with van der Waals surface area (Å²) in [5.74, 6) is -0.242. The number of H-pyrrole nitrogens is 2. The average Bonchev–Trinajstić information content (AvgIpc) is 4.03. The van der Waals surface area contributed by atoms with Crippen molar-refractivity contribution in [2.75, 3.05) is 6.61 Å². The van der Waals surface area contributed by atoms with E-state index in [9.17, 15) is 14.7 Å². The Morgan fingerprint density at radius 3 is 1.80 bits per heavy atom. The first-order valence-electron chi connectivity index (χ1n) is 17.7. The van der Waals surface area contributed by atoms with Crippen LogP contribution < -0.4 is 10.6 Å². The number of aromatic nitrogens is 6. The van der Waals surface area contributed by atoms with Crippen molar-refractivity contribution in [3.63, 3.8) is 0 Å². The summed E-state index contributed by atoms with van der Waals surface area (Å²) < 4.78 is 0. The number of carbonyl (C=O) groups excluding carboxylic acids is 2. The number of aliphatic hydroxyl groups excluding tert-OH is 1. The first kappa shape index (κ1) is 38.6. The molecular weight excluding hydrogens is 712 g/mol. The fourth-order valence-corrected chi connectivity index (χ4v) is 6.87. The van der Waals surface area contributed by atoms with E-state index in [1.807, 2.05) is 111 Å². The minimum absolute atomic E-state index is 0. The first-order chi connectivity index (χ1) is 26.3. The number of amides is 2. The number of fused-ring (bicyclic) bond motifs is 2. The van der Waals surface area contributed by atoms with Gasteiger partial charge in [0.05, 0.1) is 30.1 Å². The van der Waals surface area contributed by atoms with Crippen LogP contribution in [0.4, 0.5) is 0 Å². The van der Waals surface area contributed by atoms with E-state index in [2.05, 4.69) is 40.5 Å². The van der Waals surface area contributed by atoms with Crippen molar-refractivity contribution >= 4 is 56.6 Å². The number of aryl methyl sites for hydroxylation is 1. The Kier molecular flexibility index (Phi) is 12.1. The quantitative estimate of drug-likeness (QED) is 0.0945. The molecule has 4 heterocycles. The number of hydrogen-bond donors (Lipinski definition) is 5. The van der Waals surface area contributed by atoms with Crippen LogP contribution in [0, 0.1) is 6.92 Å². The van der Waals surface area contributed by atoms with Crippen molar-refractivity contribution in [1.29, 1.82) is 0 Å². The minimum atomic E-state index is -0.433. The van der Waals surface area contributed by atoms with E-state index >= 15 is 0 Å². The van der Waals surface area contributed by atoms with E-state index in [0.29, 0.717) is 23.4 Å². The summed E-state index contributed by atoms with van der Waals surface area (Å²) in [7, 11) is 0. The largest absolute Gasteiger partial charge is 0.394 e. The second kappa shape index (κ2) is 17.3.